The molecule has 0 aliphatic rings. The second-order valence-electron chi connectivity index (χ2n) is 7.33. The summed E-state index contributed by atoms with van der Waals surface area (Å²) in [6.07, 6.45) is 0. The Bertz CT molecular complexity index is 857. The molecule has 0 radical (unpaired) electrons. The topological polar surface area (TPSA) is 69.2 Å². The number of amides is 1. The Balaban J connectivity index is 0.00000480. The van der Waals surface area contributed by atoms with Crippen molar-refractivity contribution in [2.75, 3.05) is 48.4 Å². The van der Waals surface area contributed by atoms with Gasteiger partial charge in [-0.05, 0) is 37.9 Å². The molecule has 0 fully saturated rings. The van der Waals surface area contributed by atoms with Gasteiger partial charge in [-0.25, -0.2) is 0 Å². The molecular weight excluding hydrogens is 505 g/mol. The zero-order chi connectivity index (χ0) is 21.9. The predicted octanol–water partition coefficient (Wildman–Crippen LogP) is 2.81. The van der Waals surface area contributed by atoms with Crippen molar-refractivity contribution >= 4 is 35.8 Å². The Hall–Kier alpha value is -2.33. The largest absolute Gasteiger partial charge is 0.496 e. The van der Waals surface area contributed by atoms with Crippen LogP contribution in [0.15, 0.2) is 53.5 Å². The summed E-state index contributed by atoms with van der Waals surface area (Å²) >= 11 is 0. The summed E-state index contributed by atoms with van der Waals surface area (Å²) in [4.78, 5) is 20.8. The van der Waals surface area contributed by atoms with E-state index in [1.807, 2.05) is 79.5 Å². The average Bonchev–Trinajstić information content (AvgIpc) is 2.74. The molecule has 0 saturated heterocycles. The van der Waals surface area contributed by atoms with Gasteiger partial charge in [0.05, 0.1) is 7.11 Å². The molecule has 0 atom stereocenters. The Kier molecular flexibility index (Phi) is 11.9. The van der Waals surface area contributed by atoms with Crippen LogP contribution in [0.3, 0.4) is 0 Å². The third kappa shape index (κ3) is 8.74. The monoisotopic (exact) mass is 539 g/mol. The van der Waals surface area contributed by atoms with E-state index in [4.69, 9.17) is 4.74 Å². The molecule has 0 aromatic heterocycles. The van der Waals surface area contributed by atoms with Crippen molar-refractivity contribution in [3.63, 3.8) is 0 Å². The van der Waals surface area contributed by atoms with Crippen LogP contribution in [0.25, 0.3) is 0 Å². The number of hydrogen-bond acceptors (Lipinski definition) is 4. The van der Waals surface area contributed by atoms with Crippen molar-refractivity contribution in [3.05, 3.63) is 65.2 Å². The maximum Gasteiger partial charge on any atom is 0.251 e. The van der Waals surface area contributed by atoms with E-state index in [1.165, 1.54) is 0 Å². The van der Waals surface area contributed by atoms with Gasteiger partial charge in [0.25, 0.3) is 5.91 Å². The molecule has 0 aliphatic heterocycles. The van der Waals surface area contributed by atoms with E-state index in [-0.39, 0.29) is 29.9 Å². The molecule has 0 bridgehead atoms. The van der Waals surface area contributed by atoms with Crippen molar-refractivity contribution in [1.29, 1.82) is 0 Å². The number of carbonyl (C=O) groups excluding carboxylic acids is 1. The van der Waals surface area contributed by atoms with Crippen molar-refractivity contribution in [2.45, 2.75) is 13.1 Å². The zero-order valence-corrected chi connectivity index (χ0v) is 21.3. The molecule has 0 saturated carbocycles. The third-order valence-electron chi connectivity index (χ3n) is 4.66. The van der Waals surface area contributed by atoms with E-state index in [2.05, 4.69) is 15.6 Å². The van der Waals surface area contributed by atoms with E-state index in [1.54, 1.807) is 14.2 Å². The fourth-order valence-electron chi connectivity index (χ4n) is 3.05. The average molecular weight is 539 g/mol. The summed E-state index contributed by atoms with van der Waals surface area (Å²) in [6.45, 7) is 2.66. The van der Waals surface area contributed by atoms with Gasteiger partial charge in [-0.1, -0.05) is 30.3 Å². The number of para-hydroxylation sites is 1. The second-order valence-corrected chi connectivity index (χ2v) is 7.33. The van der Waals surface area contributed by atoms with E-state index >= 15 is 0 Å². The summed E-state index contributed by atoms with van der Waals surface area (Å²) in [7, 11) is 9.38. The number of benzene rings is 2. The molecule has 0 unspecified atom stereocenters. The van der Waals surface area contributed by atoms with E-state index < -0.39 is 0 Å². The number of rotatable bonds is 9. The van der Waals surface area contributed by atoms with Crippen molar-refractivity contribution < 1.29 is 9.53 Å². The van der Waals surface area contributed by atoms with Gasteiger partial charge < -0.3 is 25.2 Å². The lowest BCUT2D eigenvalue weighted by Crippen LogP contribution is -2.38. The van der Waals surface area contributed by atoms with Crippen molar-refractivity contribution in [3.8, 4) is 5.75 Å². The highest BCUT2D eigenvalue weighted by Gasteiger charge is 2.11. The number of hydrogen-bond donors (Lipinski definition) is 2. The van der Waals surface area contributed by atoms with Crippen LogP contribution in [-0.4, -0.2) is 70.1 Å². The van der Waals surface area contributed by atoms with Gasteiger partial charge in [0.15, 0.2) is 5.96 Å². The molecule has 2 rings (SSSR count). The number of likely N-dealkylation sites (N-methyl/N-ethyl adjacent to an activating group) is 1. The number of guanidine groups is 1. The standard InChI is InChI=1S/C23H33N5O2.HI/c1-24-23(28(4)17-20-10-6-7-12-21(20)30-5)26-16-18-9-8-11-19(15-18)22(29)25-13-14-27(2)3;/h6-12,15H,13-14,16-17H2,1-5H3,(H,24,26)(H,25,29);1H. The first-order valence-electron chi connectivity index (χ1n) is 10.00. The van der Waals surface area contributed by atoms with Crippen LogP contribution < -0.4 is 15.4 Å². The van der Waals surface area contributed by atoms with Crippen LogP contribution in [0.4, 0.5) is 0 Å². The fraction of sp³-hybridized carbons (Fsp3) is 0.391. The highest BCUT2D eigenvalue weighted by atomic mass is 127. The lowest BCUT2D eigenvalue weighted by atomic mass is 10.1. The first kappa shape index (κ1) is 26.7. The smallest absolute Gasteiger partial charge is 0.251 e. The molecule has 1 amide bonds. The lowest BCUT2D eigenvalue weighted by molar-refractivity contribution is 0.0951. The summed E-state index contributed by atoms with van der Waals surface area (Å²) in [6, 6.07) is 15.6. The third-order valence-corrected chi connectivity index (χ3v) is 4.66. The van der Waals surface area contributed by atoms with Gasteiger partial charge in [0.1, 0.15) is 5.75 Å². The van der Waals surface area contributed by atoms with Gasteiger partial charge >= 0.3 is 0 Å². The van der Waals surface area contributed by atoms with Crippen LogP contribution in [0.1, 0.15) is 21.5 Å². The summed E-state index contributed by atoms with van der Waals surface area (Å²) in [5.41, 5.74) is 2.76. The molecule has 0 heterocycles. The first-order valence-corrected chi connectivity index (χ1v) is 10.00. The zero-order valence-electron chi connectivity index (χ0n) is 19.0. The summed E-state index contributed by atoms with van der Waals surface area (Å²) < 4.78 is 5.44. The maximum atomic E-state index is 12.4. The predicted molar refractivity (Wildman–Crippen MR) is 137 cm³/mol. The van der Waals surface area contributed by atoms with Gasteiger partial charge in [0, 0.05) is 51.4 Å². The summed E-state index contributed by atoms with van der Waals surface area (Å²) in [5, 5.41) is 6.31. The van der Waals surface area contributed by atoms with Crippen LogP contribution in [0, 0.1) is 0 Å². The first-order chi connectivity index (χ1) is 14.4. The minimum atomic E-state index is -0.0589. The molecule has 7 nitrogen and oxygen atoms in total. The van der Waals surface area contributed by atoms with Crippen molar-refractivity contribution in [1.82, 2.24) is 20.4 Å². The molecule has 0 aliphatic carbocycles. The van der Waals surface area contributed by atoms with Gasteiger partial charge in [0.2, 0.25) is 0 Å². The number of ether oxygens (including phenoxy) is 1. The molecule has 8 heteroatoms. The van der Waals surface area contributed by atoms with Crippen LogP contribution >= 0.6 is 24.0 Å². The minimum Gasteiger partial charge on any atom is -0.496 e. The molecular formula is C23H34IN5O2. The van der Waals surface area contributed by atoms with Crippen LogP contribution in [0.5, 0.6) is 5.75 Å². The second kappa shape index (κ2) is 13.9. The number of halogens is 1. The van der Waals surface area contributed by atoms with Crippen LogP contribution in [-0.2, 0) is 13.1 Å². The number of aliphatic imine (C=N–C) groups is 1. The fourth-order valence-corrected chi connectivity index (χ4v) is 3.05. The van der Waals surface area contributed by atoms with Crippen LogP contribution in [0.2, 0.25) is 0 Å². The molecule has 0 spiro atoms. The van der Waals surface area contributed by atoms with Gasteiger partial charge in [-0.3, -0.25) is 9.79 Å². The number of carbonyl (C=O) groups is 1. The normalized spacial score (nSPS) is 11.0. The Morgan fingerprint density at radius 2 is 1.81 bits per heavy atom. The maximum absolute atomic E-state index is 12.4. The van der Waals surface area contributed by atoms with E-state index in [9.17, 15) is 4.79 Å². The number of nitrogens with one attached hydrogen (secondary N) is 2. The lowest BCUT2D eigenvalue weighted by Gasteiger charge is -2.23. The SMILES string of the molecule is CN=C(NCc1cccc(C(=O)NCCN(C)C)c1)N(C)Cc1ccccc1OC.I. The molecule has 2 aromatic rings. The Morgan fingerprint density at radius 3 is 2.48 bits per heavy atom. The van der Waals surface area contributed by atoms with E-state index in [0.717, 1.165) is 29.4 Å². The van der Waals surface area contributed by atoms with Gasteiger partial charge in [-0.15, -0.1) is 24.0 Å². The van der Waals surface area contributed by atoms with Gasteiger partial charge in [-0.2, -0.15) is 0 Å². The Morgan fingerprint density at radius 1 is 1.06 bits per heavy atom. The summed E-state index contributed by atoms with van der Waals surface area (Å²) in [5.74, 6) is 1.56. The molecule has 31 heavy (non-hydrogen) atoms. The number of nitrogens with zero attached hydrogens (tertiary/aromatic N) is 3. The molecule has 2 aromatic carbocycles. The van der Waals surface area contributed by atoms with Crippen molar-refractivity contribution in [2.24, 2.45) is 4.99 Å². The quantitative estimate of drug-likeness (QED) is 0.292. The highest BCUT2D eigenvalue weighted by molar-refractivity contribution is 14.0. The number of methoxy groups -OCH3 is 1. The molecule has 2 N–H and O–H groups in total. The van der Waals surface area contributed by atoms with E-state index in [0.29, 0.717) is 25.2 Å². The highest BCUT2D eigenvalue weighted by Crippen LogP contribution is 2.18. The molecule has 170 valence electrons. The minimum absolute atomic E-state index is 0. The Labute approximate surface area is 202 Å².